The van der Waals surface area contributed by atoms with Crippen molar-refractivity contribution in [1.29, 1.82) is 0 Å². The highest BCUT2D eigenvalue weighted by atomic mass is 79.9. The van der Waals surface area contributed by atoms with Crippen LogP contribution in [0.3, 0.4) is 0 Å². The van der Waals surface area contributed by atoms with Crippen LogP contribution in [0.1, 0.15) is 17.1 Å². The van der Waals surface area contributed by atoms with E-state index in [4.69, 9.17) is 8.94 Å². The summed E-state index contributed by atoms with van der Waals surface area (Å²) < 4.78 is 12.2. The third-order valence-electron chi connectivity index (χ3n) is 5.63. The summed E-state index contributed by atoms with van der Waals surface area (Å²) in [7, 11) is 0. The second-order valence-corrected chi connectivity index (χ2v) is 9.00. The fraction of sp³-hybridized carbons (Fsp3) is 0.292. The maximum Gasteiger partial charge on any atom is 0.241 e. The van der Waals surface area contributed by atoms with Crippen molar-refractivity contribution in [2.45, 2.75) is 20.0 Å². The summed E-state index contributed by atoms with van der Waals surface area (Å²) in [5, 5.41) is 4.14. The van der Waals surface area contributed by atoms with Gasteiger partial charge in [0.2, 0.25) is 17.6 Å². The van der Waals surface area contributed by atoms with E-state index in [0.717, 1.165) is 54.0 Å². The molecule has 2 aromatic carbocycles. The van der Waals surface area contributed by atoms with Crippen LogP contribution in [0.15, 0.2) is 68.2 Å². The third-order valence-corrected chi connectivity index (χ3v) is 6.16. The van der Waals surface area contributed by atoms with Gasteiger partial charge in [0.05, 0.1) is 12.2 Å². The third kappa shape index (κ3) is 4.98. The second-order valence-electron chi connectivity index (χ2n) is 8.08. The average molecular weight is 494 g/mol. The molecule has 0 spiro atoms. The predicted octanol–water partition coefficient (Wildman–Crippen LogP) is 4.78. The lowest BCUT2D eigenvalue weighted by Crippen LogP contribution is -2.45. The summed E-state index contributed by atoms with van der Waals surface area (Å²) in [6.07, 6.45) is 1.76. The van der Waals surface area contributed by atoms with Crippen molar-refractivity contribution in [2.24, 2.45) is 0 Å². The summed E-state index contributed by atoms with van der Waals surface area (Å²) >= 11 is 3.45. The zero-order valence-corrected chi connectivity index (χ0v) is 19.5. The van der Waals surface area contributed by atoms with E-state index in [-0.39, 0.29) is 0 Å². The predicted molar refractivity (Wildman–Crippen MR) is 125 cm³/mol. The molecule has 0 atom stereocenters. The van der Waals surface area contributed by atoms with Crippen LogP contribution in [0, 0.1) is 6.92 Å². The van der Waals surface area contributed by atoms with E-state index in [1.54, 1.807) is 6.26 Å². The van der Waals surface area contributed by atoms with Gasteiger partial charge in [-0.2, -0.15) is 4.98 Å². The van der Waals surface area contributed by atoms with Gasteiger partial charge >= 0.3 is 0 Å². The van der Waals surface area contributed by atoms with Crippen molar-refractivity contribution in [3.63, 3.8) is 0 Å². The molecule has 1 saturated heterocycles. The maximum absolute atomic E-state index is 5.69. The molecule has 2 aromatic heterocycles. The number of benzene rings is 2. The molecule has 5 rings (SSSR count). The molecule has 0 amide bonds. The summed E-state index contributed by atoms with van der Waals surface area (Å²) in [6, 6.07) is 16.1. The monoisotopic (exact) mass is 493 g/mol. The van der Waals surface area contributed by atoms with Gasteiger partial charge in [-0.15, -0.1) is 0 Å². The number of rotatable bonds is 6. The molecule has 0 saturated carbocycles. The first-order valence-corrected chi connectivity index (χ1v) is 11.5. The maximum atomic E-state index is 5.69. The minimum Gasteiger partial charge on any atom is -0.444 e. The number of aromatic nitrogens is 3. The lowest BCUT2D eigenvalue weighted by Gasteiger charge is -2.33. The summed E-state index contributed by atoms with van der Waals surface area (Å²) in [5.41, 5.74) is 4.13. The normalized spacial score (nSPS) is 15.3. The zero-order chi connectivity index (χ0) is 21.9. The molecule has 164 valence electrons. The molecule has 0 bridgehead atoms. The molecule has 8 heteroatoms. The molecular formula is C24H24BrN5O2. The Bertz CT molecular complexity index is 1070. The molecular weight excluding hydrogens is 470 g/mol. The Morgan fingerprint density at radius 3 is 2.22 bits per heavy atom. The van der Waals surface area contributed by atoms with E-state index < -0.39 is 0 Å². The first-order chi connectivity index (χ1) is 15.6. The molecule has 0 aliphatic carbocycles. The molecule has 1 aliphatic rings. The fourth-order valence-electron chi connectivity index (χ4n) is 3.77. The summed E-state index contributed by atoms with van der Waals surface area (Å²) in [5.74, 6) is 1.96. The van der Waals surface area contributed by atoms with Crippen LogP contribution >= 0.6 is 15.9 Å². The van der Waals surface area contributed by atoms with Crippen LogP contribution in [-0.4, -0.2) is 51.1 Å². The van der Waals surface area contributed by atoms with Crippen LogP contribution in [0.2, 0.25) is 0 Å². The molecule has 4 aromatic rings. The molecule has 1 aliphatic heterocycles. The largest absolute Gasteiger partial charge is 0.444 e. The number of hydrogen-bond acceptors (Lipinski definition) is 7. The standard InChI is InChI=1S/C24H24BrN5O2/c1-17-2-4-18(5-3-17)23-27-22(32-28-23)15-30-12-10-29(11-13-30)14-21-16-31-24(26-21)19-6-8-20(25)9-7-19/h2-9,16H,10-15H2,1H3. The highest BCUT2D eigenvalue weighted by Gasteiger charge is 2.20. The Labute approximate surface area is 195 Å². The Balaban J connectivity index is 1.13. The Morgan fingerprint density at radius 1 is 0.844 bits per heavy atom. The van der Waals surface area contributed by atoms with Crippen LogP contribution < -0.4 is 0 Å². The molecule has 32 heavy (non-hydrogen) atoms. The van der Waals surface area contributed by atoms with E-state index in [1.807, 2.05) is 36.4 Å². The van der Waals surface area contributed by atoms with Gasteiger partial charge in [0, 0.05) is 48.3 Å². The molecule has 7 nitrogen and oxygen atoms in total. The Hall–Kier alpha value is -2.81. The molecule has 3 heterocycles. The van der Waals surface area contributed by atoms with E-state index in [1.165, 1.54) is 5.56 Å². The summed E-state index contributed by atoms with van der Waals surface area (Å²) in [4.78, 5) is 14.0. The van der Waals surface area contributed by atoms with Gasteiger partial charge in [-0.25, -0.2) is 4.98 Å². The number of nitrogens with zero attached hydrogens (tertiary/aromatic N) is 5. The quantitative estimate of drug-likeness (QED) is 0.382. The van der Waals surface area contributed by atoms with Crippen molar-refractivity contribution in [2.75, 3.05) is 26.2 Å². The number of hydrogen-bond donors (Lipinski definition) is 0. The summed E-state index contributed by atoms with van der Waals surface area (Å²) in [6.45, 7) is 7.32. The van der Waals surface area contributed by atoms with Gasteiger partial charge in [-0.3, -0.25) is 9.80 Å². The van der Waals surface area contributed by atoms with Crippen molar-refractivity contribution < 1.29 is 8.94 Å². The number of halogens is 1. The fourth-order valence-corrected chi connectivity index (χ4v) is 4.03. The van der Waals surface area contributed by atoms with Crippen molar-refractivity contribution >= 4 is 15.9 Å². The zero-order valence-electron chi connectivity index (χ0n) is 17.9. The van der Waals surface area contributed by atoms with Gasteiger partial charge in [0.1, 0.15) is 6.26 Å². The van der Waals surface area contributed by atoms with Gasteiger partial charge in [-0.05, 0) is 31.2 Å². The molecule has 0 N–H and O–H groups in total. The van der Waals surface area contributed by atoms with Crippen LogP contribution in [-0.2, 0) is 13.1 Å². The van der Waals surface area contributed by atoms with Crippen LogP contribution in [0.5, 0.6) is 0 Å². The first-order valence-electron chi connectivity index (χ1n) is 10.7. The highest BCUT2D eigenvalue weighted by Crippen LogP contribution is 2.22. The molecule has 1 fully saturated rings. The van der Waals surface area contributed by atoms with E-state index in [2.05, 4.69) is 59.9 Å². The number of piperazine rings is 1. The Kier molecular flexibility index (Phi) is 6.16. The lowest BCUT2D eigenvalue weighted by atomic mass is 10.1. The smallest absolute Gasteiger partial charge is 0.241 e. The van der Waals surface area contributed by atoms with Crippen molar-refractivity contribution in [3.05, 3.63) is 76.4 Å². The first kappa shape index (κ1) is 21.1. The minimum atomic E-state index is 0.645. The molecule has 0 radical (unpaired) electrons. The topological polar surface area (TPSA) is 71.4 Å². The SMILES string of the molecule is Cc1ccc(-c2noc(CN3CCN(Cc4coc(-c5ccc(Br)cc5)n4)CC3)n2)cc1. The van der Waals surface area contributed by atoms with E-state index in [0.29, 0.717) is 24.2 Å². The highest BCUT2D eigenvalue weighted by molar-refractivity contribution is 9.10. The van der Waals surface area contributed by atoms with Crippen LogP contribution in [0.25, 0.3) is 22.8 Å². The van der Waals surface area contributed by atoms with Crippen LogP contribution in [0.4, 0.5) is 0 Å². The van der Waals surface area contributed by atoms with Crippen molar-refractivity contribution in [1.82, 2.24) is 24.9 Å². The van der Waals surface area contributed by atoms with E-state index in [9.17, 15) is 0 Å². The minimum absolute atomic E-state index is 0.645. The van der Waals surface area contributed by atoms with Gasteiger partial charge < -0.3 is 8.94 Å². The Morgan fingerprint density at radius 2 is 1.50 bits per heavy atom. The average Bonchev–Trinajstić information content (AvgIpc) is 3.46. The number of aryl methyl sites for hydroxylation is 1. The second kappa shape index (κ2) is 9.36. The molecule has 0 unspecified atom stereocenters. The lowest BCUT2D eigenvalue weighted by molar-refractivity contribution is 0.111. The van der Waals surface area contributed by atoms with Gasteiger partial charge in [0.25, 0.3) is 0 Å². The number of oxazole rings is 1. The van der Waals surface area contributed by atoms with Crippen molar-refractivity contribution in [3.8, 4) is 22.8 Å². The van der Waals surface area contributed by atoms with Gasteiger partial charge in [0.15, 0.2) is 0 Å². The van der Waals surface area contributed by atoms with E-state index >= 15 is 0 Å². The van der Waals surface area contributed by atoms with Gasteiger partial charge in [-0.1, -0.05) is 50.9 Å².